The second-order valence-electron chi connectivity index (χ2n) is 3.65. The lowest BCUT2D eigenvalue weighted by molar-refractivity contribution is 0.617. The minimum Gasteiger partial charge on any atom is -0.207 e. The van der Waals surface area contributed by atoms with Crippen LogP contribution in [0.2, 0.25) is 0 Å². The Hall–Kier alpha value is -1.11. The van der Waals surface area contributed by atoms with Crippen LogP contribution in [0.3, 0.4) is 0 Å². The molecule has 0 saturated carbocycles. The molecule has 2 rings (SSSR count). The maximum atomic E-state index is 13.0. The zero-order valence-electron chi connectivity index (χ0n) is 7.76. The van der Waals surface area contributed by atoms with E-state index in [1.165, 1.54) is 11.6 Å². The Morgan fingerprint density at radius 1 is 1.38 bits per heavy atom. The number of hydrogen-bond donors (Lipinski definition) is 0. The topological polar surface area (TPSA) is 0 Å². The van der Waals surface area contributed by atoms with Gasteiger partial charge in [0.15, 0.2) is 0 Å². The fourth-order valence-electron chi connectivity index (χ4n) is 1.84. The van der Waals surface area contributed by atoms with E-state index in [0.29, 0.717) is 5.92 Å². The number of halogens is 1. The van der Waals surface area contributed by atoms with Crippen molar-refractivity contribution in [3.63, 3.8) is 0 Å². The fourth-order valence-corrected chi connectivity index (χ4v) is 1.84. The molecule has 0 bridgehead atoms. The summed E-state index contributed by atoms with van der Waals surface area (Å²) in [4.78, 5) is 0. The molecule has 0 spiro atoms. The Morgan fingerprint density at radius 2 is 2.23 bits per heavy atom. The van der Waals surface area contributed by atoms with Gasteiger partial charge in [-0.2, -0.15) is 0 Å². The molecule has 0 N–H and O–H groups in total. The molecule has 1 atom stereocenters. The van der Waals surface area contributed by atoms with Crippen molar-refractivity contribution in [1.29, 1.82) is 0 Å². The van der Waals surface area contributed by atoms with Gasteiger partial charge in [-0.15, -0.1) is 0 Å². The summed E-state index contributed by atoms with van der Waals surface area (Å²) in [6.45, 7) is 2.16. The normalized spacial score (nSPS) is 20.9. The second kappa shape index (κ2) is 3.33. The Kier molecular flexibility index (Phi) is 2.17. The van der Waals surface area contributed by atoms with Crippen molar-refractivity contribution in [2.75, 3.05) is 0 Å². The third kappa shape index (κ3) is 1.64. The summed E-state index contributed by atoms with van der Waals surface area (Å²) >= 11 is 0. The summed E-state index contributed by atoms with van der Waals surface area (Å²) < 4.78 is 13.0. The first kappa shape index (κ1) is 8.49. The number of rotatable bonds is 0. The van der Waals surface area contributed by atoms with Crippen LogP contribution < -0.4 is 0 Å². The number of hydrogen-bond acceptors (Lipinski definition) is 0. The van der Waals surface area contributed by atoms with Crippen molar-refractivity contribution < 1.29 is 4.39 Å². The fraction of sp³-hybridized carbons (Fsp3) is 0.333. The van der Waals surface area contributed by atoms with Gasteiger partial charge in [-0.1, -0.05) is 25.1 Å². The predicted octanol–water partition coefficient (Wildman–Crippen LogP) is 3.74. The quantitative estimate of drug-likeness (QED) is 0.565. The molecule has 68 valence electrons. The van der Waals surface area contributed by atoms with Gasteiger partial charge in [-0.25, -0.2) is 4.39 Å². The van der Waals surface area contributed by atoms with Crippen molar-refractivity contribution in [3.8, 4) is 0 Å². The highest BCUT2D eigenvalue weighted by Crippen LogP contribution is 2.29. The first-order valence-corrected chi connectivity index (χ1v) is 4.73. The van der Waals surface area contributed by atoms with E-state index >= 15 is 0 Å². The Bertz CT molecular complexity index is 339. The van der Waals surface area contributed by atoms with Crippen LogP contribution in [0.15, 0.2) is 24.3 Å². The SMILES string of the molecule is C[C@@H]1CCC=Cc2ccc(F)cc21. The summed E-state index contributed by atoms with van der Waals surface area (Å²) in [7, 11) is 0. The van der Waals surface area contributed by atoms with Gasteiger partial charge in [-0.05, 0) is 42.0 Å². The molecule has 0 radical (unpaired) electrons. The molecule has 0 aromatic heterocycles. The molecule has 1 aliphatic rings. The molecule has 0 nitrogen and oxygen atoms in total. The van der Waals surface area contributed by atoms with Crippen molar-refractivity contribution in [2.24, 2.45) is 0 Å². The van der Waals surface area contributed by atoms with E-state index < -0.39 is 0 Å². The molecule has 0 saturated heterocycles. The molecule has 13 heavy (non-hydrogen) atoms. The predicted molar refractivity (Wildman–Crippen MR) is 53.1 cm³/mol. The van der Waals surface area contributed by atoms with Crippen LogP contribution in [0.1, 0.15) is 36.8 Å². The number of benzene rings is 1. The summed E-state index contributed by atoms with van der Waals surface area (Å²) in [5.74, 6) is 0.349. The molecular weight excluding hydrogens is 163 g/mol. The third-order valence-corrected chi connectivity index (χ3v) is 2.64. The zero-order valence-corrected chi connectivity index (χ0v) is 7.76. The molecule has 1 aromatic carbocycles. The largest absolute Gasteiger partial charge is 0.207 e. The highest BCUT2D eigenvalue weighted by Gasteiger charge is 2.11. The monoisotopic (exact) mass is 176 g/mol. The zero-order chi connectivity index (χ0) is 9.26. The van der Waals surface area contributed by atoms with E-state index in [-0.39, 0.29) is 5.82 Å². The smallest absolute Gasteiger partial charge is 0.123 e. The van der Waals surface area contributed by atoms with Gasteiger partial charge in [0.1, 0.15) is 5.82 Å². The van der Waals surface area contributed by atoms with Crippen LogP contribution in [-0.4, -0.2) is 0 Å². The molecule has 1 aromatic rings. The lowest BCUT2D eigenvalue weighted by atomic mass is 9.94. The second-order valence-corrected chi connectivity index (χ2v) is 3.65. The van der Waals surface area contributed by atoms with Crippen molar-refractivity contribution in [2.45, 2.75) is 25.7 Å². The summed E-state index contributed by atoms with van der Waals surface area (Å²) in [5, 5.41) is 0. The van der Waals surface area contributed by atoms with Gasteiger partial charge in [0.2, 0.25) is 0 Å². The summed E-state index contributed by atoms with van der Waals surface area (Å²) in [5.41, 5.74) is 2.32. The molecule has 0 unspecified atom stereocenters. The van der Waals surface area contributed by atoms with E-state index in [1.54, 1.807) is 6.07 Å². The van der Waals surface area contributed by atoms with E-state index in [1.807, 2.05) is 6.07 Å². The van der Waals surface area contributed by atoms with Gasteiger partial charge in [0.05, 0.1) is 0 Å². The van der Waals surface area contributed by atoms with E-state index in [4.69, 9.17) is 0 Å². The minimum absolute atomic E-state index is 0.124. The van der Waals surface area contributed by atoms with Crippen molar-refractivity contribution in [1.82, 2.24) is 0 Å². The third-order valence-electron chi connectivity index (χ3n) is 2.64. The highest BCUT2D eigenvalue weighted by molar-refractivity contribution is 5.55. The van der Waals surface area contributed by atoms with Crippen LogP contribution >= 0.6 is 0 Å². The van der Waals surface area contributed by atoms with Crippen LogP contribution in [0.4, 0.5) is 4.39 Å². The lowest BCUT2D eigenvalue weighted by Gasteiger charge is -2.11. The van der Waals surface area contributed by atoms with Gasteiger partial charge in [-0.3, -0.25) is 0 Å². The molecule has 0 aliphatic heterocycles. The average molecular weight is 176 g/mol. The number of allylic oxidation sites excluding steroid dienone is 1. The van der Waals surface area contributed by atoms with Crippen LogP contribution in [0.5, 0.6) is 0 Å². The van der Waals surface area contributed by atoms with E-state index in [0.717, 1.165) is 18.4 Å². The van der Waals surface area contributed by atoms with Gasteiger partial charge in [0.25, 0.3) is 0 Å². The van der Waals surface area contributed by atoms with Crippen molar-refractivity contribution >= 4 is 6.08 Å². The van der Waals surface area contributed by atoms with Gasteiger partial charge in [0, 0.05) is 0 Å². The van der Waals surface area contributed by atoms with E-state index in [9.17, 15) is 4.39 Å². The molecule has 0 heterocycles. The maximum absolute atomic E-state index is 13.0. The lowest BCUT2D eigenvalue weighted by Crippen LogP contribution is -1.95. The Balaban J connectivity index is 2.51. The maximum Gasteiger partial charge on any atom is 0.123 e. The minimum atomic E-state index is -0.124. The molecular formula is C12H13F. The molecule has 1 heteroatoms. The average Bonchev–Trinajstić information content (AvgIpc) is 2.29. The van der Waals surface area contributed by atoms with Gasteiger partial charge < -0.3 is 0 Å². The standard InChI is InChI=1S/C12H13F/c1-9-4-2-3-5-10-6-7-11(13)8-12(9)10/h3,5-9H,2,4H2,1H3/t9-/m1/s1. The van der Waals surface area contributed by atoms with Crippen LogP contribution in [0, 0.1) is 5.82 Å². The first-order valence-electron chi connectivity index (χ1n) is 4.73. The van der Waals surface area contributed by atoms with E-state index in [2.05, 4.69) is 19.1 Å². The van der Waals surface area contributed by atoms with Crippen LogP contribution in [-0.2, 0) is 0 Å². The van der Waals surface area contributed by atoms with Crippen LogP contribution in [0.25, 0.3) is 6.08 Å². The molecule has 0 amide bonds. The van der Waals surface area contributed by atoms with Gasteiger partial charge >= 0.3 is 0 Å². The number of fused-ring (bicyclic) bond motifs is 1. The molecule has 1 aliphatic carbocycles. The first-order chi connectivity index (χ1) is 6.27. The summed E-state index contributed by atoms with van der Waals surface area (Å²) in [6, 6.07) is 5.06. The highest BCUT2D eigenvalue weighted by atomic mass is 19.1. The Morgan fingerprint density at radius 3 is 3.08 bits per heavy atom. The Labute approximate surface area is 78.1 Å². The molecule has 0 fully saturated rings. The van der Waals surface area contributed by atoms with Crippen molar-refractivity contribution in [3.05, 3.63) is 41.2 Å². The summed E-state index contributed by atoms with van der Waals surface area (Å²) in [6.07, 6.45) is 6.48.